The van der Waals surface area contributed by atoms with E-state index in [0.29, 0.717) is 24.3 Å². The molecule has 4 nitrogen and oxygen atoms in total. The number of methoxy groups -OCH3 is 1. The zero-order valence-corrected chi connectivity index (χ0v) is 14.9. The molecule has 0 aliphatic heterocycles. The van der Waals surface area contributed by atoms with Crippen molar-refractivity contribution in [2.24, 2.45) is 0 Å². The van der Waals surface area contributed by atoms with Gasteiger partial charge in [0.1, 0.15) is 11.1 Å². The normalized spacial score (nSPS) is 11.5. The highest BCUT2D eigenvalue weighted by molar-refractivity contribution is 7.62. The molecule has 5 heteroatoms. The first-order valence-corrected chi connectivity index (χ1v) is 9.24. The van der Waals surface area contributed by atoms with Crippen LogP contribution in [0.15, 0.2) is 42.5 Å². The highest BCUT2D eigenvalue weighted by Crippen LogP contribution is 2.52. The van der Waals surface area contributed by atoms with Crippen LogP contribution in [0.25, 0.3) is 11.1 Å². The van der Waals surface area contributed by atoms with Crippen molar-refractivity contribution in [2.75, 3.05) is 20.3 Å². The van der Waals surface area contributed by atoms with Gasteiger partial charge in [0.25, 0.3) is 0 Å². The molecule has 23 heavy (non-hydrogen) atoms. The molecule has 0 spiro atoms. The first-order chi connectivity index (χ1) is 11.1. The lowest BCUT2D eigenvalue weighted by Gasteiger charge is -2.23. The molecule has 2 aromatic carbocycles. The Morgan fingerprint density at radius 3 is 2.09 bits per heavy atom. The standard InChI is InChI=1S/C18H23O4P/c1-5-21-23(19,22-6-2)18-16(20-4)13-12-14(3)17(18)15-10-8-7-9-11-15/h7-13H,5-6H2,1-4H3. The maximum absolute atomic E-state index is 13.4. The molecule has 0 saturated carbocycles. The van der Waals surface area contributed by atoms with Crippen molar-refractivity contribution in [3.05, 3.63) is 48.0 Å². The Morgan fingerprint density at radius 1 is 0.957 bits per heavy atom. The van der Waals surface area contributed by atoms with E-state index in [-0.39, 0.29) is 0 Å². The van der Waals surface area contributed by atoms with Crippen LogP contribution in [0.4, 0.5) is 0 Å². The van der Waals surface area contributed by atoms with E-state index in [4.69, 9.17) is 13.8 Å². The van der Waals surface area contributed by atoms with Crippen molar-refractivity contribution in [3.63, 3.8) is 0 Å². The number of benzene rings is 2. The van der Waals surface area contributed by atoms with Gasteiger partial charge in [-0.2, -0.15) is 0 Å². The Hall–Kier alpha value is -1.61. The molecule has 0 aliphatic carbocycles. The molecule has 2 rings (SSSR count). The summed E-state index contributed by atoms with van der Waals surface area (Å²) in [5.74, 6) is 0.514. The average molecular weight is 334 g/mol. The van der Waals surface area contributed by atoms with E-state index in [2.05, 4.69) is 0 Å². The molecule has 0 aromatic heterocycles. The Morgan fingerprint density at radius 2 is 1.57 bits per heavy atom. The van der Waals surface area contributed by atoms with Gasteiger partial charge >= 0.3 is 7.60 Å². The number of hydrogen-bond acceptors (Lipinski definition) is 4. The van der Waals surface area contributed by atoms with Gasteiger partial charge in [-0.15, -0.1) is 0 Å². The van der Waals surface area contributed by atoms with E-state index >= 15 is 0 Å². The lowest BCUT2D eigenvalue weighted by molar-refractivity contribution is 0.229. The fourth-order valence-electron chi connectivity index (χ4n) is 2.59. The van der Waals surface area contributed by atoms with Gasteiger partial charge in [0.2, 0.25) is 0 Å². The van der Waals surface area contributed by atoms with Gasteiger partial charge in [-0.1, -0.05) is 36.4 Å². The molecule has 0 amide bonds. The zero-order chi connectivity index (χ0) is 16.9. The number of ether oxygens (including phenoxy) is 1. The summed E-state index contributed by atoms with van der Waals surface area (Å²) in [6, 6.07) is 13.6. The molecule has 0 aliphatic rings. The molecular weight excluding hydrogens is 311 g/mol. The Balaban J connectivity index is 2.79. The van der Waals surface area contributed by atoms with E-state index in [1.54, 1.807) is 21.0 Å². The summed E-state index contributed by atoms with van der Waals surface area (Å²) in [7, 11) is -1.92. The maximum atomic E-state index is 13.4. The molecule has 0 N–H and O–H groups in total. The van der Waals surface area contributed by atoms with E-state index < -0.39 is 7.60 Å². The molecule has 0 heterocycles. The molecular formula is C18H23O4P. The van der Waals surface area contributed by atoms with Crippen molar-refractivity contribution in [2.45, 2.75) is 20.8 Å². The van der Waals surface area contributed by atoms with Gasteiger partial charge in [-0.3, -0.25) is 4.57 Å². The highest BCUT2D eigenvalue weighted by atomic mass is 31.2. The first kappa shape index (κ1) is 17.7. The summed E-state index contributed by atoms with van der Waals surface area (Å²) in [6.45, 7) is 6.17. The second-order valence-electron chi connectivity index (χ2n) is 5.01. The van der Waals surface area contributed by atoms with Crippen LogP contribution in [0.1, 0.15) is 19.4 Å². The smallest absolute Gasteiger partial charge is 0.365 e. The minimum Gasteiger partial charge on any atom is -0.496 e. The van der Waals surface area contributed by atoms with Gasteiger partial charge in [0.05, 0.1) is 20.3 Å². The summed E-state index contributed by atoms with van der Waals surface area (Å²) in [4.78, 5) is 0. The number of rotatable bonds is 7. The second-order valence-corrected chi connectivity index (χ2v) is 6.97. The predicted octanol–water partition coefficient (Wildman–Crippen LogP) is 4.56. The van der Waals surface area contributed by atoms with Gasteiger partial charge < -0.3 is 13.8 Å². The minimum atomic E-state index is -3.48. The van der Waals surface area contributed by atoms with Crippen LogP contribution in [0.3, 0.4) is 0 Å². The van der Waals surface area contributed by atoms with Crippen LogP contribution in [0.2, 0.25) is 0 Å². The molecule has 2 aromatic rings. The predicted molar refractivity (Wildman–Crippen MR) is 93.7 cm³/mol. The molecule has 0 saturated heterocycles. The fourth-order valence-corrected chi connectivity index (χ4v) is 4.61. The zero-order valence-electron chi connectivity index (χ0n) is 14.0. The lowest BCUT2D eigenvalue weighted by atomic mass is 10.0. The van der Waals surface area contributed by atoms with Crippen LogP contribution < -0.4 is 10.0 Å². The van der Waals surface area contributed by atoms with Crippen LogP contribution in [0, 0.1) is 6.92 Å². The van der Waals surface area contributed by atoms with Crippen LogP contribution in [-0.2, 0) is 13.6 Å². The minimum absolute atomic E-state index is 0.294. The van der Waals surface area contributed by atoms with E-state index in [1.165, 1.54) is 0 Å². The van der Waals surface area contributed by atoms with Crippen molar-refractivity contribution in [3.8, 4) is 16.9 Å². The van der Waals surface area contributed by atoms with E-state index in [0.717, 1.165) is 16.7 Å². The molecule has 0 bridgehead atoms. The van der Waals surface area contributed by atoms with Crippen LogP contribution >= 0.6 is 7.60 Å². The SMILES string of the molecule is CCOP(=O)(OCC)c1c(OC)ccc(C)c1-c1ccccc1. The highest BCUT2D eigenvalue weighted by Gasteiger charge is 2.34. The van der Waals surface area contributed by atoms with Crippen LogP contribution in [0.5, 0.6) is 5.75 Å². The molecule has 124 valence electrons. The lowest BCUT2D eigenvalue weighted by Crippen LogP contribution is -2.17. The maximum Gasteiger partial charge on any atom is 0.365 e. The van der Waals surface area contributed by atoms with Crippen LogP contribution in [-0.4, -0.2) is 20.3 Å². The molecule has 0 fully saturated rings. The first-order valence-electron chi connectivity index (χ1n) is 7.70. The largest absolute Gasteiger partial charge is 0.496 e. The third kappa shape index (κ3) is 3.66. The van der Waals surface area contributed by atoms with Gasteiger partial charge in [0, 0.05) is 5.56 Å². The second kappa shape index (κ2) is 7.78. The van der Waals surface area contributed by atoms with Gasteiger partial charge in [-0.25, -0.2) is 0 Å². The quantitative estimate of drug-likeness (QED) is 0.696. The van der Waals surface area contributed by atoms with Crippen molar-refractivity contribution in [1.29, 1.82) is 0 Å². The fraction of sp³-hybridized carbons (Fsp3) is 0.333. The summed E-state index contributed by atoms with van der Waals surface area (Å²) in [5.41, 5.74) is 2.79. The van der Waals surface area contributed by atoms with Crippen molar-refractivity contribution >= 4 is 12.9 Å². The topological polar surface area (TPSA) is 44.8 Å². The number of hydrogen-bond donors (Lipinski definition) is 0. The average Bonchev–Trinajstić information content (AvgIpc) is 2.55. The third-order valence-electron chi connectivity index (χ3n) is 3.50. The van der Waals surface area contributed by atoms with Crippen molar-refractivity contribution < 1.29 is 18.3 Å². The summed E-state index contributed by atoms with van der Waals surface area (Å²) in [5, 5.41) is 0.495. The summed E-state index contributed by atoms with van der Waals surface area (Å²) in [6.07, 6.45) is 0. The van der Waals surface area contributed by atoms with Crippen molar-refractivity contribution in [1.82, 2.24) is 0 Å². The molecule has 0 unspecified atom stereocenters. The molecule has 0 radical (unpaired) electrons. The Labute approximate surface area is 137 Å². The summed E-state index contributed by atoms with van der Waals surface area (Å²) >= 11 is 0. The van der Waals surface area contributed by atoms with E-state index in [1.807, 2.05) is 49.4 Å². The van der Waals surface area contributed by atoms with E-state index in [9.17, 15) is 4.57 Å². The summed E-state index contributed by atoms with van der Waals surface area (Å²) < 4.78 is 30.0. The monoisotopic (exact) mass is 334 g/mol. The third-order valence-corrected chi connectivity index (χ3v) is 5.69. The molecule has 0 atom stereocenters. The number of aryl methyl sites for hydroxylation is 1. The Kier molecular flexibility index (Phi) is 6.00. The van der Waals surface area contributed by atoms with Gasteiger partial charge in [0.15, 0.2) is 0 Å². The Bertz CT molecular complexity index is 688. The van der Waals surface area contributed by atoms with Gasteiger partial charge in [-0.05, 0) is 38.0 Å².